The van der Waals surface area contributed by atoms with Crippen molar-refractivity contribution in [3.05, 3.63) is 55.6 Å². The number of urea groups is 1. The van der Waals surface area contributed by atoms with Crippen LogP contribution in [0.2, 0.25) is 5.02 Å². The monoisotopic (exact) mass is 716 g/mol. The number of amides is 3. The third-order valence-corrected chi connectivity index (χ3v) is 9.16. The van der Waals surface area contributed by atoms with Gasteiger partial charge in [-0.25, -0.2) is 4.79 Å². The molecule has 0 aliphatic carbocycles. The Morgan fingerprint density at radius 2 is 1.63 bits per heavy atom. The standard InChI is InChI=1S/C27H39BrClN3O2.C3H6BrN.C2H6/c1-4-18(3)14-23(26-20(5-2)16-22(29)17-24(26)28)21-8-12-31(13-9-21)25(33)15-19-6-10-32(11-7-19)27(30)34;1-3(4)2-5;1-2/h16-17,19,21,23H,3-15H2,1-2H3,(H2,30,34);2H,5H2,1H3;1-2H3/b;3-2+;. The van der Waals surface area contributed by atoms with Gasteiger partial charge in [0.25, 0.3) is 0 Å². The van der Waals surface area contributed by atoms with E-state index in [1.165, 1.54) is 22.9 Å². The summed E-state index contributed by atoms with van der Waals surface area (Å²) in [6.45, 7) is 17.5. The number of aryl methyl sites for hydroxylation is 1. The zero-order valence-electron chi connectivity index (χ0n) is 25.7. The van der Waals surface area contributed by atoms with Crippen molar-refractivity contribution in [2.24, 2.45) is 23.3 Å². The van der Waals surface area contributed by atoms with Crippen molar-refractivity contribution >= 4 is 55.4 Å². The first kappa shape index (κ1) is 37.5. The molecule has 2 heterocycles. The summed E-state index contributed by atoms with van der Waals surface area (Å²) in [5.41, 5.74) is 14.3. The number of hydrogen-bond donors (Lipinski definition) is 2. The highest BCUT2D eigenvalue weighted by molar-refractivity contribution is 9.11. The van der Waals surface area contributed by atoms with Crippen LogP contribution in [0.4, 0.5) is 4.79 Å². The Balaban J connectivity index is 0.00000108. The van der Waals surface area contributed by atoms with Crippen LogP contribution in [0.15, 0.2) is 39.4 Å². The van der Waals surface area contributed by atoms with Gasteiger partial charge in [-0.2, -0.15) is 0 Å². The van der Waals surface area contributed by atoms with Gasteiger partial charge in [0.1, 0.15) is 0 Å². The van der Waals surface area contributed by atoms with Crippen LogP contribution in [0.3, 0.4) is 0 Å². The van der Waals surface area contributed by atoms with Crippen LogP contribution in [0.25, 0.3) is 0 Å². The van der Waals surface area contributed by atoms with Crippen molar-refractivity contribution < 1.29 is 9.59 Å². The first-order valence-corrected chi connectivity index (χ1v) is 17.0. The van der Waals surface area contributed by atoms with E-state index in [1.807, 2.05) is 26.8 Å². The first-order chi connectivity index (χ1) is 19.5. The molecule has 0 bridgehead atoms. The number of rotatable bonds is 8. The number of benzene rings is 1. The lowest BCUT2D eigenvalue weighted by Crippen LogP contribution is -2.44. The Labute approximate surface area is 270 Å². The largest absolute Gasteiger partial charge is 0.404 e. The van der Waals surface area contributed by atoms with Gasteiger partial charge in [0.15, 0.2) is 0 Å². The predicted octanol–water partition coefficient (Wildman–Crippen LogP) is 8.75. The van der Waals surface area contributed by atoms with Crippen LogP contribution in [0, 0.1) is 11.8 Å². The van der Waals surface area contributed by atoms with Crippen molar-refractivity contribution in [2.45, 2.75) is 91.9 Å². The molecule has 4 N–H and O–H groups in total. The molecule has 2 aliphatic rings. The molecule has 1 aromatic rings. The van der Waals surface area contributed by atoms with Crippen LogP contribution in [0.5, 0.6) is 0 Å². The maximum atomic E-state index is 13.0. The highest BCUT2D eigenvalue weighted by atomic mass is 79.9. The molecule has 0 saturated carbocycles. The van der Waals surface area contributed by atoms with Gasteiger partial charge in [0.2, 0.25) is 5.91 Å². The Morgan fingerprint density at radius 1 is 1.10 bits per heavy atom. The van der Waals surface area contributed by atoms with Crippen molar-refractivity contribution in [2.75, 3.05) is 26.2 Å². The molecule has 9 heteroatoms. The fourth-order valence-electron chi connectivity index (χ4n) is 5.59. The fraction of sp³-hybridized carbons (Fsp3) is 0.625. The summed E-state index contributed by atoms with van der Waals surface area (Å²) in [6, 6.07) is 3.76. The number of piperidine rings is 2. The Bertz CT molecular complexity index is 1010. The van der Waals surface area contributed by atoms with Gasteiger partial charge in [-0.05, 0) is 92.9 Å². The zero-order chi connectivity index (χ0) is 31.1. The number of nitrogens with two attached hydrogens (primary N) is 2. The van der Waals surface area contributed by atoms with E-state index < -0.39 is 0 Å². The van der Waals surface area contributed by atoms with E-state index >= 15 is 0 Å². The quantitative estimate of drug-likeness (QED) is 0.264. The van der Waals surface area contributed by atoms with Gasteiger partial charge < -0.3 is 21.3 Å². The molecule has 232 valence electrons. The smallest absolute Gasteiger partial charge is 0.314 e. The lowest BCUT2D eigenvalue weighted by Gasteiger charge is -2.38. The minimum atomic E-state index is -0.356. The molecule has 1 unspecified atom stereocenters. The summed E-state index contributed by atoms with van der Waals surface area (Å²) in [5, 5.41) is 0.766. The highest BCUT2D eigenvalue weighted by Gasteiger charge is 2.33. The lowest BCUT2D eigenvalue weighted by molar-refractivity contribution is -0.134. The summed E-state index contributed by atoms with van der Waals surface area (Å²) in [5.74, 6) is 1.49. The second-order valence-electron chi connectivity index (χ2n) is 10.7. The first-order valence-electron chi connectivity index (χ1n) is 15.0. The third kappa shape index (κ3) is 12.3. The molecule has 2 fully saturated rings. The van der Waals surface area contributed by atoms with Gasteiger partial charge in [-0.15, -0.1) is 0 Å². The molecule has 0 aromatic heterocycles. The zero-order valence-corrected chi connectivity index (χ0v) is 29.6. The highest BCUT2D eigenvalue weighted by Crippen LogP contribution is 2.43. The van der Waals surface area contributed by atoms with E-state index in [4.69, 9.17) is 23.1 Å². The molecule has 2 aliphatic heterocycles. The van der Waals surface area contributed by atoms with Gasteiger partial charge in [-0.3, -0.25) is 4.79 Å². The van der Waals surface area contributed by atoms with Crippen molar-refractivity contribution in [1.29, 1.82) is 0 Å². The molecule has 6 nitrogen and oxygen atoms in total. The van der Waals surface area contributed by atoms with E-state index in [2.05, 4.69) is 63.3 Å². The minimum absolute atomic E-state index is 0.257. The van der Waals surface area contributed by atoms with E-state index in [9.17, 15) is 9.59 Å². The molecular formula is C32H51Br2ClN4O2. The summed E-state index contributed by atoms with van der Waals surface area (Å²) < 4.78 is 2.06. The SMILES string of the molecule is C/C(Br)=C\N.C=C(CC)CC(c1c(Br)cc(Cl)cc1CC)C1CCN(C(=O)CC2CCN(C(N)=O)CC2)CC1.CC. The molecule has 3 amide bonds. The Morgan fingerprint density at radius 3 is 2.10 bits per heavy atom. The van der Waals surface area contributed by atoms with Gasteiger partial charge >= 0.3 is 6.03 Å². The number of carbonyl (C=O) groups is 2. The maximum Gasteiger partial charge on any atom is 0.314 e. The molecule has 1 atom stereocenters. The predicted molar refractivity (Wildman–Crippen MR) is 181 cm³/mol. The number of nitrogens with zero attached hydrogens (tertiary/aromatic N) is 2. The molecular weight excluding hydrogens is 668 g/mol. The molecule has 0 radical (unpaired) electrons. The van der Waals surface area contributed by atoms with Gasteiger partial charge in [-0.1, -0.05) is 83.3 Å². The van der Waals surface area contributed by atoms with Crippen LogP contribution in [0.1, 0.15) is 96.6 Å². The second-order valence-corrected chi connectivity index (χ2v) is 13.2. The Hall–Kier alpha value is -1.51. The number of carbonyl (C=O) groups excluding carboxylic acids is 2. The summed E-state index contributed by atoms with van der Waals surface area (Å²) in [6.07, 6.45) is 8.70. The molecule has 3 rings (SSSR count). The average molecular weight is 719 g/mol. The van der Waals surface area contributed by atoms with Crippen LogP contribution in [-0.4, -0.2) is 47.9 Å². The summed E-state index contributed by atoms with van der Waals surface area (Å²) in [4.78, 5) is 28.1. The minimum Gasteiger partial charge on any atom is -0.404 e. The van der Waals surface area contributed by atoms with Crippen LogP contribution >= 0.6 is 43.5 Å². The van der Waals surface area contributed by atoms with Gasteiger partial charge in [0, 0.05) is 52.8 Å². The van der Waals surface area contributed by atoms with Crippen LogP contribution < -0.4 is 11.5 Å². The second kappa shape index (κ2) is 19.6. The van der Waals surface area contributed by atoms with E-state index in [0.717, 1.165) is 72.0 Å². The topological polar surface area (TPSA) is 92.7 Å². The average Bonchev–Trinajstić information content (AvgIpc) is 2.97. The summed E-state index contributed by atoms with van der Waals surface area (Å²) in [7, 11) is 0. The van der Waals surface area contributed by atoms with E-state index in [-0.39, 0.29) is 11.9 Å². The Kier molecular flexibility index (Phi) is 18.0. The maximum absolute atomic E-state index is 13.0. The summed E-state index contributed by atoms with van der Waals surface area (Å²) >= 11 is 13.3. The normalized spacial score (nSPS) is 17.1. The molecule has 2 saturated heterocycles. The number of primary amides is 1. The fourth-order valence-corrected chi connectivity index (χ4v) is 6.76. The van der Waals surface area contributed by atoms with Crippen molar-refractivity contribution in [3.8, 4) is 0 Å². The number of halogens is 3. The number of hydrogen-bond acceptors (Lipinski definition) is 3. The number of allylic oxidation sites excluding steroid dienone is 2. The van der Waals surface area contributed by atoms with Gasteiger partial charge in [0.05, 0.1) is 0 Å². The lowest BCUT2D eigenvalue weighted by atomic mass is 9.75. The number of likely N-dealkylation sites (tertiary alicyclic amines) is 2. The third-order valence-electron chi connectivity index (χ3n) is 8.02. The van der Waals surface area contributed by atoms with E-state index in [1.54, 1.807) is 4.90 Å². The van der Waals surface area contributed by atoms with E-state index in [0.29, 0.717) is 37.3 Å². The van der Waals surface area contributed by atoms with Crippen LogP contribution in [-0.2, 0) is 11.2 Å². The van der Waals surface area contributed by atoms with Crippen molar-refractivity contribution in [1.82, 2.24) is 9.80 Å². The molecule has 1 aromatic carbocycles. The van der Waals surface area contributed by atoms with Crippen molar-refractivity contribution in [3.63, 3.8) is 0 Å². The molecule has 0 spiro atoms. The molecule has 41 heavy (non-hydrogen) atoms.